The minimum atomic E-state index is -1.59. The number of benzene rings is 1. The second-order valence-electron chi connectivity index (χ2n) is 4.32. The fraction of sp³-hybridized carbons (Fsp3) is 0.385. The predicted molar refractivity (Wildman–Crippen MR) is 71.5 cm³/mol. The molecular weight excluding hydrogens is 248 g/mol. The van der Waals surface area contributed by atoms with Gasteiger partial charge in [0.25, 0.3) is 5.91 Å². The first-order chi connectivity index (χ1) is 8.79. The lowest BCUT2D eigenvalue weighted by Gasteiger charge is -2.22. The summed E-state index contributed by atoms with van der Waals surface area (Å²) in [4.78, 5) is 23.9. The lowest BCUT2D eigenvalue weighted by atomic mass is 10.1. The number of nitrogens with zero attached hydrogens (tertiary/aromatic N) is 1. The van der Waals surface area contributed by atoms with E-state index in [0.29, 0.717) is 11.4 Å². The van der Waals surface area contributed by atoms with Gasteiger partial charge in [-0.15, -0.1) is 0 Å². The number of carboxylic acid groups (broad SMARTS) is 1. The van der Waals surface area contributed by atoms with Crippen LogP contribution in [-0.2, 0) is 9.59 Å². The largest absolute Gasteiger partial charge is 0.495 e. The Hall–Kier alpha value is -2.08. The second-order valence-corrected chi connectivity index (χ2v) is 4.32. The molecule has 6 nitrogen and oxygen atoms in total. The van der Waals surface area contributed by atoms with Crippen molar-refractivity contribution in [3.63, 3.8) is 0 Å². The van der Waals surface area contributed by atoms with E-state index in [1.807, 2.05) is 13.8 Å². The van der Waals surface area contributed by atoms with Crippen LogP contribution in [0.5, 0.6) is 5.75 Å². The molecule has 1 aromatic carbocycles. The molecule has 1 aromatic rings. The number of nitrogens with two attached hydrogens (primary N) is 1. The van der Waals surface area contributed by atoms with Gasteiger partial charge in [-0.05, 0) is 37.1 Å². The zero-order valence-corrected chi connectivity index (χ0v) is 11.4. The van der Waals surface area contributed by atoms with Crippen LogP contribution < -0.4 is 15.4 Å². The van der Waals surface area contributed by atoms with Gasteiger partial charge in [-0.25, -0.2) is 4.79 Å². The van der Waals surface area contributed by atoms with E-state index in [-0.39, 0.29) is 0 Å². The average Bonchev–Trinajstić information content (AvgIpc) is 2.38. The average molecular weight is 266 g/mol. The van der Waals surface area contributed by atoms with E-state index in [0.717, 1.165) is 11.1 Å². The van der Waals surface area contributed by atoms with E-state index in [9.17, 15) is 9.59 Å². The van der Waals surface area contributed by atoms with Gasteiger partial charge in [-0.2, -0.15) is 0 Å². The van der Waals surface area contributed by atoms with Crippen molar-refractivity contribution in [1.82, 2.24) is 0 Å². The van der Waals surface area contributed by atoms with Crippen LogP contribution in [0.1, 0.15) is 11.1 Å². The summed E-state index contributed by atoms with van der Waals surface area (Å²) in [5.41, 5.74) is 7.81. The number of amides is 1. The van der Waals surface area contributed by atoms with Crippen LogP contribution in [0, 0.1) is 13.8 Å². The highest BCUT2D eigenvalue weighted by molar-refractivity contribution is 6.09. The number of rotatable bonds is 4. The summed E-state index contributed by atoms with van der Waals surface area (Å²) in [5, 5.41) is 8.77. The molecule has 1 amide bonds. The topological polar surface area (TPSA) is 92.9 Å². The van der Waals surface area contributed by atoms with Crippen LogP contribution in [0.25, 0.3) is 0 Å². The Labute approximate surface area is 111 Å². The van der Waals surface area contributed by atoms with Crippen LogP contribution in [-0.4, -0.2) is 37.2 Å². The fourth-order valence-electron chi connectivity index (χ4n) is 1.63. The zero-order chi connectivity index (χ0) is 14.7. The van der Waals surface area contributed by atoms with E-state index in [1.165, 1.54) is 19.1 Å². The molecule has 6 heteroatoms. The van der Waals surface area contributed by atoms with Gasteiger partial charge < -0.3 is 20.5 Å². The maximum atomic E-state index is 11.9. The molecule has 0 heterocycles. The van der Waals surface area contributed by atoms with Crippen molar-refractivity contribution in [3.05, 3.63) is 23.3 Å². The lowest BCUT2D eigenvalue weighted by Crippen LogP contribution is -2.47. The molecule has 1 unspecified atom stereocenters. The summed E-state index contributed by atoms with van der Waals surface area (Å²) in [6, 6.07) is 1.97. The number of anilines is 1. The van der Waals surface area contributed by atoms with Gasteiger partial charge >= 0.3 is 5.97 Å². The fourth-order valence-corrected chi connectivity index (χ4v) is 1.63. The molecule has 0 radical (unpaired) electrons. The Morgan fingerprint density at radius 2 is 1.84 bits per heavy atom. The quantitative estimate of drug-likeness (QED) is 0.782. The molecule has 19 heavy (non-hydrogen) atoms. The molecule has 0 aliphatic carbocycles. The third-order valence-electron chi connectivity index (χ3n) is 3.02. The Kier molecular flexibility index (Phi) is 4.50. The van der Waals surface area contributed by atoms with Crippen molar-refractivity contribution < 1.29 is 19.4 Å². The number of carbonyl (C=O) groups is 2. The normalized spacial score (nSPS) is 11.8. The molecule has 0 aliphatic rings. The first-order valence-electron chi connectivity index (χ1n) is 5.70. The van der Waals surface area contributed by atoms with Crippen molar-refractivity contribution >= 4 is 17.6 Å². The summed E-state index contributed by atoms with van der Waals surface area (Å²) in [6.45, 7) is 3.82. The molecule has 0 bridgehead atoms. The van der Waals surface area contributed by atoms with Crippen LogP contribution in [0.15, 0.2) is 12.1 Å². The summed E-state index contributed by atoms with van der Waals surface area (Å²) in [5.74, 6) is -1.56. The molecule has 0 aliphatic heterocycles. The zero-order valence-electron chi connectivity index (χ0n) is 11.4. The standard InChI is InChI=1S/C13H18N2O4/c1-7-5-9(10(19-4)6-8(7)2)15(3)12(16)11(14)13(17)18/h5-6,11H,14H2,1-4H3,(H,17,18). The van der Waals surface area contributed by atoms with E-state index in [4.69, 9.17) is 15.6 Å². The van der Waals surface area contributed by atoms with Crippen LogP contribution in [0.3, 0.4) is 0 Å². The Morgan fingerprint density at radius 3 is 2.32 bits per heavy atom. The molecule has 0 saturated heterocycles. The number of carboxylic acids is 1. The Balaban J connectivity index is 3.18. The number of ether oxygens (including phenoxy) is 1. The third-order valence-corrected chi connectivity index (χ3v) is 3.02. The monoisotopic (exact) mass is 266 g/mol. The number of hydrogen-bond donors (Lipinski definition) is 2. The van der Waals surface area contributed by atoms with Crippen molar-refractivity contribution in [1.29, 1.82) is 0 Å². The SMILES string of the molecule is COc1cc(C)c(C)cc1N(C)C(=O)C(N)C(=O)O. The number of methoxy groups -OCH3 is 1. The first-order valence-corrected chi connectivity index (χ1v) is 5.70. The minimum Gasteiger partial charge on any atom is -0.495 e. The van der Waals surface area contributed by atoms with Gasteiger partial charge in [0.2, 0.25) is 0 Å². The molecule has 0 aromatic heterocycles. The van der Waals surface area contributed by atoms with Gasteiger partial charge in [0.15, 0.2) is 6.04 Å². The van der Waals surface area contributed by atoms with Crippen molar-refractivity contribution in [2.45, 2.75) is 19.9 Å². The number of carbonyl (C=O) groups excluding carboxylic acids is 1. The number of likely N-dealkylation sites (N-methyl/N-ethyl adjacent to an activating group) is 1. The molecule has 104 valence electrons. The van der Waals surface area contributed by atoms with Gasteiger partial charge in [-0.3, -0.25) is 4.79 Å². The lowest BCUT2D eigenvalue weighted by molar-refractivity contribution is -0.142. The summed E-state index contributed by atoms with van der Waals surface area (Å²) in [7, 11) is 2.96. The molecule has 0 fully saturated rings. The van der Waals surface area contributed by atoms with E-state index >= 15 is 0 Å². The van der Waals surface area contributed by atoms with E-state index in [2.05, 4.69) is 0 Å². The highest BCUT2D eigenvalue weighted by Gasteiger charge is 2.27. The maximum Gasteiger partial charge on any atom is 0.330 e. The molecule has 0 saturated carbocycles. The summed E-state index contributed by atoms with van der Waals surface area (Å²) in [6.07, 6.45) is 0. The molecular formula is C13H18N2O4. The number of aliphatic carboxylic acids is 1. The van der Waals surface area contributed by atoms with E-state index in [1.54, 1.807) is 12.1 Å². The van der Waals surface area contributed by atoms with Crippen LogP contribution >= 0.6 is 0 Å². The maximum absolute atomic E-state index is 11.9. The van der Waals surface area contributed by atoms with Gasteiger partial charge in [0.1, 0.15) is 5.75 Å². The predicted octanol–water partition coefficient (Wildman–Crippen LogP) is 0.687. The Morgan fingerprint density at radius 1 is 1.32 bits per heavy atom. The van der Waals surface area contributed by atoms with Gasteiger partial charge in [-0.1, -0.05) is 0 Å². The molecule has 1 atom stereocenters. The summed E-state index contributed by atoms with van der Waals surface area (Å²) >= 11 is 0. The smallest absolute Gasteiger partial charge is 0.330 e. The number of aryl methyl sites for hydroxylation is 2. The van der Waals surface area contributed by atoms with Gasteiger partial charge in [0.05, 0.1) is 12.8 Å². The first kappa shape index (κ1) is 15.0. The number of hydrogen-bond acceptors (Lipinski definition) is 4. The summed E-state index contributed by atoms with van der Waals surface area (Å²) < 4.78 is 5.21. The van der Waals surface area contributed by atoms with Crippen molar-refractivity contribution in [2.24, 2.45) is 5.73 Å². The highest BCUT2D eigenvalue weighted by Crippen LogP contribution is 2.30. The minimum absolute atomic E-state index is 0.493. The van der Waals surface area contributed by atoms with E-state index < -0.39 is 17.9 Å². The van der Waals surface area contributed by atoms with Crippen molar-refractivity contribution in [2.75, 3.05) is 19.1 Å². The molecule has 3 N–H and O–H groups in total. The molecule has 0 spiro atoms. The highest BCUT2D eigenvalue weighted by atomic mass is 16.5. The van der Waals surface area contributed by atoms with Crippen LogP contribution in [0.4, 0.5) is 5.69 Å². The third kappa shape index (κ3) is 3.03. The molecule has 1 rings (SSSR count). The van der Waals surface area contributed by atoms with Crippen LogP contribution in [0.2, 0.25) is 0 Å². The second kappa shape index (κ2) is 5.71. The Bertz CT molecular complexity index is 514. The van der Waals surface area contributed by atoms with Crippen molar-refractivity contribution in [3.8, 4) is 5.75 Å². The van der Waals surface area contributed by atoms with Gasteiger partial charge in [0, 0.05) is 7.05 Å².